The average Bonchev–Trinajstić information content (AvgIpc) is 2.96. The predicted molar refractivity (Wildman–Crippen MR) is 91.1 cm³/mol. The van der Waals surface area contributed by atoms with Crippen molar-refractivity contribution in [2.45, 2.75) is 32.4 Å². The summed E-state index contributed by atoms with van der Waals surface area (Å²) in [5.41, 5.74) is 2.49. The molecule has 2 aliphatic heterocycles. The van der Waals surface area contributed by atoms with E-state index in [1.807, 2.05) is 30.1 Å². The van der Waals surface area contributed by atoms with Crippen molar-refractivity contribution in [3.63, 3.8) is 0 Å². The van der Waals surface area contributed by atoms with Crippen LogP contribution in [0.1, 0.15) is 30.0 Å². The van der Waals surface area contributed by atoms with Gasteiger partial charge in [-0.1, -0.05) is 0 Å². The molecule has 0 saturated carbocycles. The van der Waals surface area contributed by atoms with Crippen LogP contribution in [0.3, 0.4) is 0 Å². The second-order valence-corrected chi connectivity index (χ2v) is 6.32. The smallest absolute Gasteiger partial charge is 0.156 e. The van der Waals surface area contributed by atoms with Crippen LogP contribution in [0.4, 0.5) is 5.82 Å². The van der Waals surface area contributed by atoms with E-state index in [9.17, 15) is 0 Å². The van der Waals surface area contributed by atoms with Crippen molar-refractivity contribution in [3.05, 3.63) is 35.5 Å². The van der Waals surface area contributed by atoms with Gasteiger partial charge in [-0.05, 0) is 26.0 Å². The molecule has 2 aromatic heterocycles. The summed E-state index contributed by atoms with van der Waals surface area (Å²) in [6, 6.07) is 2.41. The number of nitrogens with one attached hydrogen (secondary N) is 1. The molecule has 1 fully saturated rings. The fourth-order valence-electron chi connectivity index (χ4n) is 3.39. The Hall–Kier alpha value is -1.99. The Labute approximate surface area is 142 Å². The third-order valence-corrected chi connectivity index (χ3v) is 4.70. The summed E-state index contributed by atoms with van der Waals surface area (Å²) in [6.45, 7) is 7.04. The van der Waals surface area contributed by atoms with Gasteiger partial charge >= 0.3 is 0 Å². The van der Waals surface area contributed by atoms with Crippen LogP contribution in [0.2, 0.25) is 0 Å². The molecular weight excluding hydrogens is 304 g/mol. The van der Waals surface area contributed by atoms with Gasteiger partial charge in [0.25, 0.3) is 0 Å². The van der Waals surface area contributed by atoms with E-state index in [2.05, 4.69) is 15.3 Å². The van der Waals surface area contributed by atoms with Gasteiger partial charge < -0.3 is 15.0 Å². The summed E-state index contributed by atoms with van der Waals surface area (Å²) in [6.07, 6.45) is 5.82. The van der Waals surface area contributed by atoms with Crippen LogP contribution in [0.25, 0.3) is 0 Å². The van der Waals surface area contributed by atoms with Crippen molar-refractivity contribution >= 4 is 5.82 Å². The van der Waals surface area contributed by atoms with E-state index >= 15 is 0 Å². The molecule has 0 bridgehead atoms. The number of ether oxygens (including phenoxy) is 1. The van der Waals surface area contributed by atoms with Gasteiger partial charge in [0, 0.05) is 50.6 Å². The minimum atomic E-state index is 0.435. The molecule has 0 aromatic carbocycles. The maximum absolute atomic E-state index is 5.53. The van der Waals surface area contributed by atoms with Gasteiger partial charge in [0.2, 0.25) is 0 Å². The molecule has 0 unspecified atom stereocenters. The lowest BCUT2D eigenvalue weighted by Gasteiger charge is -2.41. The molecular formula is C17H24N6O. The fraction of sp³-hybridized carbons (Fsp3) is 0.588. The van der Waals surface area contributed by atoms with Gasteiger partial charge in [0.1, 0.15) is 12.4 Å². The summed E-state index contributed by atoms with van der Waals surface area (Å²) in [7, 11) is 0. The molecule has 0 spiro atoms. The van der Waals surface area contributed by atoms with E-state index in [4.69, 9.17) is 14.7 Å². The molecule has 7 heteroatoms. The zero-order valence-electron chi connectivity index (χ0n) is 14.1. The van der Waals surface area contributed by atoms with Gasteiger partial charge in [-0.3, -0.25) is 4.68 Å². The van der Waals surface area contributed by atoms with E-state index in [-0.39, 0.29) is 0 Å². The van der Waals surface area contributed by atoms with Gasteiger partial charge in [0.15, 0.2) is 5.82 Å². The lowest BCUT2D eigenvalue weighted by atomic mass is 10.0. The van der Waals surface area contributed by atoms with Crippen LogP contribution in [0.15, 0.2) is 18.5 Å². The number of rotatable bonds is 5. The first-order chi connectivity index (χ1) is 11.8. The van der Waals surface area contributed by atoms with Crippen LogP contribution in [0, 0.1) is 0 Å². The molecule has 1 N–H and O–H groups in total. The first-order valence-corrected chi connectivity index (χ1v) is 8.76. The van der Waals surface area contributed by atoms with Crippen LogP contribution in [-0.2, 0) is 24.2 Å². The molecule has 4 rings (SSSR count). The molecule has 0 amide bonds. The molecule has 7 nitrogen and oxygen atoms in total. The third-order valence-electron chi connectivity index (χ3n) is 4.70. The molecule has 128 valence electrons. The van der Waals surface area contributed by atoms with E-state index in [0.717, 1.165) is 50.7 Å². The normalized spacial score (nSPS) is 18.1. The first kappa shape index (κ1) is 15.5. The summed E-state index contributed by atoms with van der Waals surface area (Å²) < 4.78 is 7.58. The molecule has 1 saturated heterocycles. The van der Waals surface area contributed by atoms with Crippen molar-refractivity contribution in [2.24, 2.45) is 0 Å². The number of aromatic nitrogens is 4. The Kier molecular flexibility index (Phi) is 4.44. The van der Waals surface area contributed by atoms with Crippen LogP contribution in [0.5, 0.6) is 0 Å². The minimum Gasteiger partial charge on any atom is -0.374 e. The highest BCUT2D eigenvalue weighted by Gasteiger charge is 2.32. The third kappa shape index (κ3) is 3.01. The Morgan fingerprint density at radius 1 is 1.25 bits per heavy atom. The monoisotopic (exact) mass is 328 g/mol. The molecule has 24 heavy (non-hydrogen) atoms. The Morgan fingerprint density at radius 3 is 2.92 bits per heavy atom. The summed E-state index contributed by atoms with van der Waals surface area (Å²) in [5, 5.41) is 7.81. The van der Waals surface area contributed by atoms with Crippen molar-refractivity contribution in [3.8, 4) is 0 Å². The van der Waals surface area contributed by atoms with E-state index < -0.39 is 0 Å². The standard InChI is InChI=1S/C17H24N6O/c1-2-24-12-16-20-15-5-8-18-7-4-14(15)17(21-16)22-10-13(11-22)23-9-3-6-19-23/h3,6,9,13,18H,2,4-5,7-8,10-12H2,1H3. The van der Waals surface area contributed by atoms with Crippen molar-refractivity contribution in [1.82, 2.24) is 25.1 Å². The molecule has 0 radical (unpaired) electrons. The summed E-state index contributed by atoms with van der Waals surface area (Å²) in [5.74, 6) is 1.90. The number of anilines is 1. The molecule has 2 aromatic rings. The first-order valence-electron chi connectivity index (χ1n) is 8.76. The largest absolute Gasteiger partial charge is 0.374 e. The van der Waals surface area contributed by atoms with Crippen LogP contribution < -0.4 is 10.2 Å². The lowest BCUT2D eigenvalue weighted by molar-refractivity contribution is 0.128. The maximum atomic E-state index is 5.53. The predicted octanol–water partition coefficient (Wildman–Crippen LogP) is 0.959. The Balaban J connectivity index is 1.58. The highest BCUT2D eigenvalue weighted by molar-refractivity contribution is 5.52. The molecule has 0 atom stereocenters. The van der Waals surface area contributed by atoms with Crippen molar-refractivity contribution in [2.75, 3.05) is 37.7 Å². The topological polar surface area (TPSA) is 68.1 Å². The number of hydrogen-bond donors (Lipinski definition) is 1. The van der Waals surface area contributed by atoms with Gasteiger partial charge in [-0.25, -0.2) is 9.97 Å². The average molecular weight is 328 g/mol. The maximum Gasteiger partial charge on any atom is 0.156 e. The number of hydrogen-bond acceptors (Lipinski definition) is 6. The van der Waals surface area contributed by atoms with Crippen molar-refractivity contribution < 1.29 is 4.74 Å². The minimum absolute atomic E-state index is 0.435. The van der Waals surface area contributed by atoms with Gasteiger partial charge in [-0.2, -0.15) is 5.10 Å². The van der Waals surface area contributed by atoms with E-state index in [0.29, 0.717) is 19.3 Å². The van der Waals surface area contributed by atoms with Gasteiger partial charge in [0.05, 0.1) is 11.7 Å². The van der Waals surface area contributed by atoms with Crippen molar-refractivity contribution in [1.29, 1.82) is 0 Å². The van der Waals surface area contributed by atoms with E-state index in [1.54, 1.807) is 0 Å². The lowest BCUT2D eigenvalue weighted by Crippen LogP contribution is -2.49. The zero-order chi connectivity index (χ0) is 16.4. The van der Waals surface area contributed by atoms with E-state index in [1.165, 1.54) is 11.3 Å². The zero-order valence-corrected chi connectivity index (χ0v) is 14.1. The highest BCUT2D eigenvalue weighted by Crippen LogP contribution is 2.31. The van der Waals surface area contributed by atoms with Crippen LogP contribution >= 0.6 is 0 Å². The number of nitrogens with zero attached hydrogens (tertiary/aromatic N) is 5. The molecule has 4 heterocycles. The quantitative estimate of drug-likeness (QED) is 0.882. The fourth-order valence-corrected chi connectivity index (χ4v) is 3.39. The molecule has 0 aliphatic carbocycles. The SMILES string of the molecule is CCOCc1nc2c(c(N3CC(n4cccn4)C3)n1)CCNCC2. The van der Waals surface area contributed by atoms with Gasteiger partial charge in [-0.15, -0.1) is 0 Å². The summed E-state index contributed by atoms with van der Waals surface area (Å²) in [4.78, 5) is 12.0. The summed E-state index contributed by atoms with van der Waals surface area (Å²) >= 11 is 0. The van der Waals surface area contributed by atoms with Crippen LogP contribution in [-0.4, -0.2) is 52.5 Å². The second kappa shape index (κ2) is 6.86. The highest BCUT2D eigenvalue weighted by atomic mass is 16.5. The number of fused-ring (bicyclic) bond motifs is 1. The Morgan fingerprint density at radius 2 is 2.12 bits per heavy atom. The molecule has 2 aliphatic rings. The Bertz CT molecular complexity index is 681. The second-order valence-electron chi connectivity index (χ2n) is 6.32.